The van der Waals surface area contributed by atoms with Crippen molar-refractivity contribution in [2.75, 3.05) is 33.5 Å². The first-order chi connectivity index (χ1) is 9.78. The third kappa shape index (κ3) is 6.52. The number of hydrogen-bond acceptors (Lipinski definition) is 5. The van der Waals surface area contributed by atoms with Gasteiger partial charge in [0.2, 0.25) is 0 Å². The Bertz CT molecular complexity index is 382. The zero-order valence-electron chi connectivity index (χ0n) is 12.3. The summed E-state index contributed by atoms with van der Waals surface area (Å²) in [4.78, 5) is 0. The minimum atomic E-state index is -0.514. The molecule has 120 valence electrons. The van der Waals surface area contributed by atoms with Gasteiger partial charge in [-0.05, 0) is 37.1 Å². The highest BCUT2D eigenvalue weighted by molar-refractivity contribution is 5.85. The van der Waals surface area contributed by atoms with Crippen LogP contribution in [0.2, 0.25) is 0 Å². The summed E-state index contributed by atoms with van der Waals surface area (Å²) in [6, 6.07) is 7.78. The second kappa shape index (κ2) is 9.84. The van der Waals surface area contributed by atoms with Gasteiger partial charge in [-0.1, -0.05) is 0 Å². The van der Waals surface area contributed by atoms with Gasteiger partial charge in [-0.3, -0.25) is 0 Å². The molecule has 21 heavy (non-hydrogen) atoms. The molecule has 1 heterocycles. The Kier molecular flexibility index (Phi) is 8.45. The molecular formula is C15H24ClNO4. The monoisotopic (exact) mass is 317 g/mol. The molecule has 5 nitrogen and oxygen atoms in total. The zero-order valence-corrected chi connectivity index (χ0v) is 13.1. The maximum Gasteiger partial charge on any atom is 0.119 e. The van der Waals surface area contributed by atoms with Crippen LogP contribution in [0.25, 0.3) is 0 Å². The molecular weight excluding hydrogens is 294 g/mol. The number of halogens is 1. The largest absolute Gasteiger partial charge is 0.497 e. The standard InChI is InChI=1S/C15H23NO4.ClH/c1-18-14-2-4-15(5-3-14)20-11-13(17)10-16-12-6-8-19-9-7-12;/h2-5,12-13,16-17H,6-11H2,1H3;1H. The first-order valence-corrected chi connectivity index (χ1v) is 7.04. The molecule has 0 bridgehead atoms. The second-order valence-electron chi connectivity index (χ2n) is 4.94. The number of hydrogen-bond donors (Lipinski definition) is 2. The van der Waals surface area contributed by atoms with Crippen molar-refractivity contribution in [3.8, 4) is 11.5 Å². The quantitative estimate of drug-likeness (QED) is 0.800. The van der Waals surface area contributed by atoms with Crippen LogP contribution < -0.4 is 14.8 Å². The van der Waals surface area contributed by atoms with Crippen LogP contribution in [0.5, 0.6) is 11.5 Å². The molecule has 0 amide bonds. The topological polar surface area (TPSA) is 60.0 Å². The van der Waals surface area contributed by atoms with Crippen LogP contribution in [0.15, 0.2) is 24.3 Å². The number of rotatable bonds is 7. The molecule has 1 fully saturated rings. The Morgan fingerprint density at radius 1 is 1.24 bits per heavy atom. The van der Waals surface area contributed by atoms with Gasteiger partial charge in [0.1, 0.15) is 24.2 Å². The molecule has 1 aromatic carbocycles. The number of aliphatic hydroxyl groups is 1. The van der Waals surface area contributed by atoms with Gasteiger partial charge in [0.15, 0.2) is 0 Å². The third-order valence-corrected chi connectivity index (χ3v) is 3.37. The Morgan fingerprint density at radius 2 is 1.86 bits per heavy atom. The number of aliphatic hydroxyl groups excluding tert-OH is 1. The molecule has 2 N–H and O–H groups in total. The summed E-state index contributed by atoms with van der Waals surface area (Å²) in [6.07, 6.45) is 1.50. The zero-order chi connectivity index (χ0) is 14.2. The van der Waals surface area contributed by atoms with Crippen molar-refractivity contribution in [2.45, 2.75) is 25.0 Å². The SMILES string of the molecule is COc1ccc(OCC(O)CNC2CCOCC2)cc1.Cl. The lowest BCUT2D eigenvalue weighted by Gasteiger charge is -2.24. The van der Waals surface area contributed by atoms with E-state index in [0.29, 0.717) is 12.6 Å². The highest BCUT2D eigenvalue weighted by Crippen LogP contribution is 2.17. The predicted octanol–water partition coefficient (Wildman–Crippen LogP) is 1.63. The Hall–Kier alpha value is -1.01. The molecule has 1 aromatic rings. The molecule has 0 aromatic heterocycles. The minimum absolute atomic E-state index is 0. The van der Waals surface area contributed by atoms with Gasteiger partial charge in [0.25, 0.3) is 0 Å². The normalized spacial score (nSPS) is 16.9. The van der Waals surface area contributed by atoms with Crippen molar-refractivity contribution >= 4 is 12.4 Å². The van der Waals surface area contributed by atoms with E-state index in [1.165, 1.54) is 0 Å². The maximum absolute atomic E-state index is 9.90. The summed E-state index contributed by atoms with van der Waals surface area (Å²) in [6.45, 7) is 2.43. The highest BCUT2D eigenvalue weighted by atomic mass is 35.5. The van der Waals surface area contributed by atoms with Gasteiger partial charge in [-0.2, -0.15) is 0 Å². The van der Waals surface area contributed by atoms with Crippen LogP contribution in [0, 0.1) is 0 Å². The van der Waals surface area contributed by atoms with Gasteiger partial charge in [-0.25, -0.2) is 0 Å². The van der Waals surface area contributed by atoms with Crippen LogP contribution in [-0.4, -0.2) is 50.7 Å². The fourth-order valence-corrected chi connectivity index (χ4v) is 2.13. The van der Waals surface area contributed by atoms with Crippen molar-refractivity contribution in [2.24, 2.45) is 0 Å². The van der Waals surface area contributed by atoms with Gasteiger partial charge in [-0.15, -0.1) is 12.4 Å². The predicted molar refractivity (Wildman–Crippen MR) is 83.6 cm³/mol. The molecule has 1 aliphatic rings. The maximum atomic E-state index is 9.90. The van der Waals surface area contributed by atoms with E-state index in [1.807, 2.05) is 24.3 Å². The molecule has 1 atom stereocenters. The second-order valence-corrected chi connectivity index (χ2v) is 4.94. The van der Waals surface area contributed by atoms with Crippen LogP contribution in [0.4, 0.5) is 0 Å². The van der Waals surface area contributed by atoms with Crippen LogP contribution in [-0.2, 0) is 4.74 Å². The summed E-state index contributed by atoms with van der Waals surface area (Å²) in [7, 11) is 1.63. The van der Waals surface area contributed by atoms with Crippen LogP contribution in [0.3, 0.4) is 0 Å². The van der Waals surface area contributed by atoms with Gasteiger partial charge in [0.05, 0.1) is 7.11 Å². The fourth-order valence-electron chi connectivity index (χ4n) is 2.13. The van der Waals surface area contributed by atoms with E-state index in [0.717, 1.165) is 37.6 Å². The average Bonchev–Trinajstić information content (AvgIpc) is 2.52. The molecule has 2 rings (SSSR count). The fraction of sp³-hybridized carbons (Fsp3) is 0.600. The number of methoxy groups -OCH3 is 1. The number of nitrogens with one attached hydrogen (secondary N) is 1. The van der Waals surface area contributed by atoms with E-state index in [4.69, 9.17) is 14.2 Å². The first kappa shape index (κ1) is 18.0. The van der Waals surface area contributed by atoms with Crippen LogP contribution in [0.1, 0.15) is 12.8 Å². The molecule has 1 aliphatic heterocycles. The van der Waals surface area contributed by atoms with E-state index < -0.39 is 6.10 Å². The van der Waals surface area contributed by atoms with Gasteiger partial charge in [0, 0.05) is 25.8 Å². The van der Waals surface area contributed by atoms with E-state index in [9.17, 15) is 5.11 Å². The molecule has 1 saturated heterocycles. The summed E-state index contributed by atoms with van der Waals surface area (Å²) in [5, 5.41) is 13.2. The van der Waals surface area contributed by atoms with Crippen LogP contribution >= 0.6 is 12.4 Å². The molecule has 0 spiro atoms. The molecule has 0 aliphatic carbocycles. The van der Waals surface area contributed by atoms with Gasteiger partial charge < -0.3 is 24.6 Å². The molecule has 1 unspecified atom stereocenters. The summed E-state index contributed by atoms with van der Waals surface area (Å²) in [5.41, 5.74) is 0. The summed E-state index contributed by atoms with van der Waals surface area (Å²) in [5.74, 6) is 1.52. The van der Waals surface area contributed by atoms with Crippen molar-refractivity contribution in [3.63, 3.8) is 0 Å². The lowest BCUT2D eigenvalue weighted by Crippen LogP contribution is -2.40. The first-order valence-electron chi connectivity index (χ1n) is 7.04. The average molecular weight is 318 g/mol. The number of benzene rings is 1. The van der Waals surface area contributed by atoms with E-state index >= 15 is 0 Å². The Balaban J connectivity index is 0.00000220. The highest BCUT2D eigenvalue weighted by Gasteiger charge is 2.14. The molecule has 6 heteroatoms. The lowest BCUT2D eigenvalue weighted by molar-refractivity contribution is 0.0655. The lowest BCUT2D eigenvalue weighted by atomic mass is 10.1. The molecule has 0 saturated carbocycles. The van der Waals surface area contributed by atoms with Crippen molar-refractivity contribution in [1.82, 2.24) is 5.32 Å². The molecule has 0 radical (unpaired) electrons. The van der Waals surface area contributed by atoms with Crippen molar-refractivity contribution in [3.05, 3.63) is 24.3 Å². The number of ether oxygens (including phenoxy) is 3. The van der Waals surface area contributed by atoms with Crippen molar-refractivity contribution < 1.29 is 19.3 Å². The van der Waals surface area contributed by atoms with E-state index in [1.54, 1.807) is 7.11 Å². The smallest absolute Gasteiger partial charge is 0.119 e. The summed E-state index contributed by atoms with van der Waals surface area (Å²) >= 11 is 0. The van der Waals surface area contributed by atoms with E-state index in [-0.39, 0.29) is 19.0 Å². The summed E-state index contributed by atoms with van der Waals surface area (Å²) < 4.78 is 15.9. The minimum Gasteiger partial charge on any atom is -0.497 e. The Morgan fingerprint density at radius 3 is 2.48 bits per heavy atom. The van der Waals surface area contributed by atoms with Gasteiger partial charge >= 0.3 is 0 Å². The Labute approximate surface area is 132 Å². The van der Waals surface area contributed by atoms with Crippen molar-refractivity contribution in [1.29, 1.82) is 0 Å². The third-order valence-electron chi connectivity index (χ3n) is 3.37. The van der Waals surface area contributed by atoms with E-state index in [2.05, 4.69) is 5.32 Å².